The van der Waals surface area contributed by atoms with E-state index in [0.29, 0.717) is 23.2 Å². The van der Waals surface area contributed by atoms with Crippen LogP contribution in [0.1, 0.15) is 18.1 Å². The molecular weight excluding hydrogens is 375 g/mol. The third-order valence-electron chi connectivity index (χ3n) is 3.13. The first-order valence-electron chi connectivity index (χ1n) is 7.15. The van der Waals surface area contributed by atoms with Crippen LogP contribution >= 0.6 is 11.6 Å². The zero-order chi connectivity index (χ0) is 19.3. The van der Waals surface area contributed by atoms with Crippen LogP contribution in [0.2, 0.25) is 5.02 Å². The number of hydrogen-bond acceptors (Lipinski definition) is 5. The van der Waals surface area contributed by atoms with Gasteiger partial charge in [-0.05, 0) is 42.8 Å². The Labute approximate surface area is 151 Å². The van der Waals surface area contributed by atoms with Gasteiger partial charge in [0.25, 0.3) is 0 Å². The van der Waals surface area contributed by atoms with Crippen LogP contribution < -0.4 is 10.2 Å². The molecule has 0 amide bonds. The molecule has 0 saturated heterocycles. The third-order valence-corrected chi connectivity index (χ3v) is 3.42. The molecule has 0 aliphatic heterocycles. The van der Waals surface area contributed by atoms with Crippen molar-refractivity contribution in [3.63, 3.8) is 0 Å². The average Bonchev–Trinajstić information content (AvgIpc) is 2.58. The van der Waals surface area contributed by atoms with Gasteiger partial charge < -0.3 is 9.84 Å². The van der Waals surface area contributed by atoms with Crippen LogP contribution in [0.5, 0.6) is 5.75 Å². The van der Waals surface area contributed by atoms with Crippen molar-refractivity contribution in [2.75, 3.05) is 12.0 Å². The number of rotatable bonds is 6. The van der Waals surface area contributed by atoms with E-state index in [1.807, 2.05) is 0 Å². The minimum Gasteiger partial charge on any atom is -0.482 e. The van der Waals surface area contributed by atoms with Crippen molar-refractivity contribution in [2.45, 2.75) is 13.1 Å². The number of ether oxygens (including phenoxy) is 1. The number of alkyl halides is 3. The molecule has 0 aliphatic carbocycles. The SMILES string of the molecule is C/C(=N/Nc1ncc(C(F)(F)F)cc1Cl)c1ccc(OCC(=O)O)cc1. The lowest BCUT2D eigenvalue weighted by molar-refractivity contribution is -0.139. The number of carboxylic acids is 1. The number of pyridine rings is 1. The van der Waals surface area contributed by atoms with E-state index in [9.17, 15) is 18.0 Å². The highest BCUT2D eigenvalue weighted by Crippen LogP contribution is 2.32. The Kier molecular flexibility index (Phi) is 6.04. The van der Waals surface area contributed by atoms with E-state index < -0.39 is 24.3 Å². The van der Waals surface area contributed by atoms with Crippen molar-refractivity contribution in [1.29, 1.82) is 0 Å². The van der Waals surface area contributed by atoms with E-state index in [0.717, 1.165) is 6.07 Å². The molecule has 2 N–H and O–H groups in total. The largest absolute Gasteiger partial charge is 0.482 e. The van der Waals surface area contributed by atoms with Gasteiger partial charge in [0.2, 0.25) is 0 Å². The number of hydrogen-bond donors (Lipinski definition) is 2. The van der Waals surface area contributed by atoms with Crippen molar-refractivity contribution in [3.05, 3.63) is 52.7 Å². The average molecular weight is 388 g/mol. The molecule has 6 nitrogen and oxygen atoms in total. The Hall–Kier alpha value is -2.81. The highest BCUT2D eigenvalue weighted by atomic mass is 35.5. The second kappa shape index (κ2) is 8.05. The second-order valence-electron chi connectivity index (χ2n) is 5.07. The summed E-state index contributed by atoms with van der Waals surface area (Å²) in [6.07, 6.45) is -3.87. The molecule has 138 valence electrons. The molecule has 2 aromatic rings. The Morgan fingerprint density at radius 3 is 2.54 bits per heavy atom. The summed E-state index contributed by atoms with van der Waals surface area (Å²) in [6, 6.07) is 7.20. The molecule has 0 aliphatic rings. The summed E-state index contributed by atoms with van der Waals surface area (Å²) in [5, 5.41) is 12.4. The molecule has 1 heterocycles. The van der Waals surface area contributed by atoms with Gasteiger partial charge in [0.1, 0.15) is 5.75 Å². The van der Waals surface area contributed by atoms with Crippen LogP contribution in [0.3, 0.4) is 0 Å². The topological polar surface area (TPSA) is 83.8 Å². The quantitative estimate of drug-likeness (QED) is 0.577. The highest BCUT2D eigenvalue weighted by Gasteiger charge is 2.31. The molecule has 0 radical (unpaired) electrons. The van der Waals surface area contributed by atoms with Gasteiger partial charge in [0.05, 0.1) is 16.3 Å². The molecular formula is C16H13ClF3N3O3. The summed E-state index contributed by atoms with van der Waals surface area (Å²) < 4.78 is 42.7. The summed E-state index contributed by atoms with van der Waals surface area (Å²) in [4.78, 5) is 14.1. The summed E-state index contributed by atoms with van der Waals surface area (Å²) in [6.45, 7) is 1.21. The maximum absolute atomic E-state index is 12.6. The summed E-state index contributed by atoms with van der Waals surface area (Å²) >= 11 is 5.79. The molecule has 0 unspecified atom stereocenters. The molecule has 0 bridgehead atoms. The van der Waals surface area contributed by atoms with E-state index in [-0.39, 0.29) is 10.8 Å². The molecule has 10 heteroatoms. The van der Waals surface area contributed by atoms with Crippen LogP contribution in [-0.2, 0) is 11.0 Å². The fourth-order valence-electron chi connectivity index (χ4n) is 1.81. The van der Waals surface area contributed by atoms with Crippen molar-refractivity contribution >= 4 is 29.1 Å². The number of halogens is 4. The fraction of sp³-hybridized carbons (Fsp3) is 0.188. The fourth-order valence-corrected chi connectivity index (χ4v) is 2.02. The lowest BCUT2D eigenvalue weighted by atomic mass is 10.1. The van der Waals surface area contributed by atoms with Gasteiger partial charge in [-0.15, -0.1) is 0 Å². The first-order valence-corrected chi connectivity index (χ1v) is 7.52. The predicted molar refractivity (Wildman–Crippen MR) is 89.7 cm³/mol. The van der Waals surface area contributed by atoms with Crippen LogP contribution in [-0.4, -0.2) is 28.4 Å². The molecule has 0 spiro atoms. The lowest BCUT2D eigenvalue weighted by Crippen LogP contribution is -2.09. The Morgan fingerprint density at radius 2 is 2.00 bits per heavy atom. The number of aromatic nitrogens is 1. The maximum atomic E-state index is 12.6. The van der Waals surface area contributed by atoms with E-state index in [4.69, 9.17) is 21.4 Å². The van der Waals surface area contributed by atoms with Gasteiger partial charge in [-0.1, -0.05) is 11.6 Å². The number of carboxylic acid groups (broad SMARTS) is 1. The molecule has 2 rings (SSSR count). The predicted octanol–water partition coefficient (Wildman–Crippen LogP) is 4.05. The van der Waals surface area contributed by atoms with Gasteiger partial charge in [0, 0.05) is 6.20 Å². The van der Waals surface area contributed by atoms with Gasteiger partial charge >= 0.3 is 12.1 Å². The van der Waals surface area contributed by atoms with Crippen LogP contribution in [0, 0.1) is 0 Å². The second-order valence-corrected chi connectivity index (χ2v) is 5.48. The number of carbonyl (C=O) groups is 1. The van der Waals surface area contributed by atoms with E-state index >= 15 is 0 Å². The van der Waals surface area contributed by atoms with Gasteiger partial charge in [-0.2, -0.15) is 18.3 Å². The maximum Gasteiger partial charge on any atom is 0.417 e. The van der Waals surface area contributed by atoms with Crippen molar-refractivity contribution in [2.24, 2.45) is 5.10 Å². The first kappa shape index (κ1) is 19.5. The summed E-state index contributed by atoms with van der Waals surface area (Å²) in [5.74, 6) is -0.721. The zero-order valence-electron chi connectivity index (χ0n) is 13.3. The molecule has 1 aromatic heterocycles. The van der Waals surface area contributed by atoms with Crippen LogP contribution in [0.15, 0.2) is 41.6 Å². The number of nitrogens with zero attached hydrogens (tertiary/aromatic N) is 2. The Bertz CT molecular complexity index is 824. The molecule has 1 aromatic carbocycles. The molecule has 0 saturated carbocycles. The number of nitrogens with one attached hydrogen (secondary N) is 1. The summed E-state index contributed by atoms with van der Waals surface area (Å²) in [7, 11) is 0. The number of benzene rings is 1. The van der Waals surface area contributed by atoms with Crippen molar-refractivity contribution in [3.8, 4) is 5.75 Å². The lowest BCUT2D eigenvalue weighted by Gasteiger charge is -2.09. The Morgan fingerprint density at radius 1 is 1.35 bits per heavy atom. The number of hydrazone groups is 1. The van der Waals surface area contributed by atoms with E-state index in [1.165, 1.54) is 0 Å². The molecule has 26 heavy (non-hydrogen) atoms. The number of anilines is 1. The zero-order valence-corrected chi connectivity index (χ0v) is 14.1. The highest BCUT2D eigenvalue weighted by molar-refractivity contribution is 6.33. The molecule has 0 atom stereocenters. The van der Waals surface area contributed by atoms with Crippen molar-refractivity contribution in [1.82, 2.24) is 4.98 Å². The Balaban J connectivity index is 2.07. The van der Waals surface area contributed by atoms with Gasteiger partial charge in [-0.25, -0.2) is 9.78 Å². The van der Waals surface area contributed by atoms with Crippen molar-refractivity contribution < 1.29 is 27.8 Å². The monoisotopic (exact) mass is 387 g/mol. The van der Waals surface area contributed by atoms with Crippen LogP contribution in [0.25, 0.3) is 0 Å². The van der Waals surface area contributed by atoms with E-state index in [2.05, 4.69) is 15.5 Å². The van der Waals surface area contributed by atoms with Gasteiger partial charge in [0.15, 0.2) is 12.4 Å². The third kappa shape index (κ3) is 5.35. The minimum absolute atomic E-state index is 0.0135. The first-order chi connectivity index (χ1) is 12.2. The van der Waals surface area contributed by atoms with E-state index in [1.54, 1.807) is 31.2 Å². The summed E-state index contributed by atoms with van der Waals surface area (Å²) in [5.41, 5.74) is 2.75. The smallest absolute Gasteiger partial charge is 0.417 e. The van der Waals surface area contributed by atoms with Crippen LogP contribution in [0.4, 0.5) is 19.0 Å². The molecule has 0 fully saturated rings. The standard InChI is InChI=1S/C16H13ClF3N3O3/c1-9(10-2-4-12(5-3-10)26-8-14(24)25)22-23-15-13(17)6-11(7-21-15)16(18,19)20/h2-7H,8H2,1H3,(H,21,23)(H,24,25)/b22-9-. The number of aliphatic carboxylic acids is 1. The normalized spacial score (nSPS) is 12.0. The van der Waals surface area contributed by atoms with Gasteiger partial charge in [-0.3, -0.25) is 5.43 Å². The minimum atomic E-state index is -4.53.